The first-order valence-corrected chi connectivity index (χ1v) is 4.25. The van der Waals surface area contributed by atoms with Crippen LogP contribution in [-0.2, 0) is 0 Å². The highest BCUT2D eigenvalue weighted by Gasteiger charge is 2.90. The molecule has 0 aromatic heterocycles. The third-order valence-electron chi connectivity index (χ3n) is 2.11. The Hall–Kier alpha value is -1.35. The first-order valence-electron chi connectivity index (χ1n) is 4.25. The lowest BCUT2D eigenvalue weighted by molar-refractivity contribution is -0.435. The molecule has 0 bridgehead atoms. The largest absolute Gasteiger partial charge is 0.460 e. The molecule has 0 amide bonds. The van der Waals surface area contributed by atoms with Crippen molar-refractivity contribution >= 4 is 0 Å². The van der Waals surface area contributed by atoms with Crippen molar-refractivity contribution in [2.45, 2.75) is 35.8 Å². The Bertz CT molecular complexity index is 434. The maximum atomic E-state index is 12.6. The van der Waals surface area contributed by atoms with Crippen molar-refractivity contribution in [2.75, 3.05) is 0 Å². The zero-order valence-corrected chi connectivity index (χ0v) is 8.99. The predicted octanol–water partition coefficient (Wildman–Crippen LogP) is 4.36. The fourth-order valence-corrected chi connectivity index (χ4v) is 0.860. The summed E-state index contributed by atoms with van der Waals surface area (Å²) >= 11 is 0. The van der Waals surface area contributed by atoms with Crippen LogP contribution in [0, 0.1) is 12.3 Å². The normalized spacial score (nSPS) is 15.8. The smallest absolute Gasteiger partial charge is 0.192 e. The van der Waals surface area contributed by atoms with Crippen molar-refractivity contribution in [1.82, 2.24) is 0 Å². The van der Waals surface area contributed by atoms with Crippen LogP contribution in [0.15, 0.2) is 0 Å². The summed E-state index contributed by atoms with van der Waals surface area (Å²) in [4.78, 5) is 0. The van der Waals surface area contributed by atoms with Crippen molar-refractivity contribution in [1.29, 1.82) is 0 Å². The van der Waals surface area contributed by atoms with Gasteiger partial charge >= 0.3 is 35.8 Å². The minimum absolute atomic E-state index is 0.373. The van der Waals surface area contributed by atoms with Gasteiger partial charge in [0.25, 0.3) is 0 Å². The molecule has 124 valence electrons. The second-order valence-electron chi connectivity index (χ2n) is 3.51. The lowest BCUT2D eigenvalue weighted by atomic mass is 9.94. The van der Waals surface area contributed by atoms with E-state index in [1.165, 1.54) is 0 Å². The minimum atomic E-state index is -7.90. The molecule has 0 N–H and O–H groups in total. The average molecular weight is 344 g/mol. The van der Waals surface area contributed by atoms with E-state index in [0.717, 1.165) is 0 Å². The van der Waals surface area contributed by atoms with E-state index >= 15 is 0 Å². The van der Waals surface area contributed by atoms with Gasteiger partial charge in [-0.2, -0.15) is 57.1 Å². The van der Waals surface area contributed by atoms with Crippen LogP contribution >= 0.6 is 0 Å². The van der Waals surface area contributed by atoms with Crippen LogP contribution in [0.5, 0.6) is 0 Å². The summed E-state index contributed by atoms with van der Waals surface area (Å²) in [5.41, 5.74) is 0. The van der Waals surface area contributed by atoms with E-state index in [4.69, 9.17) is 0 Å². The molecule has 0 aliphatic heterocycles. The fraction of sp³-hybridized carbons (Fsp3) is 0.750. The van der Waals surface area contributed by atoms with Crippen LogP contribution in [0.2, 0.25) is 0 Å². The quantitative estimate of drug-likeness (QED) is 0.525. The van der Waals surface area contributed by atoms with Crippen molar-refractivity contribution < 1.29 is 57.1 Å². The molecular weight excluding hydrogens is 343 g/mol. The van der Waals surface area contributed by atoms with Crippen LogP contribution in [0.3, 0.4) is 0 Å². The van der Waals surface area contributed by atoms with E-state index in [9.17, 15) is 57.1 Å². The van der Waals surface area contributed by atoms with Crippen molar-refractivity contribution in [3.63, 3.8) is 0 Å². The third-order valence-corrected chi connectivity index (χ3v) is 2.11. The summed E-state index contributed by atoms with van der Waals surface area (Å²) in [7, 11) is 0. The molecule has 0 saturated carbocycles. The van der Waals surface area contributed by atoms with E-state index in [-0.39, 0.29) is 5.92 Å². The zero-order chi connectivity index (χ0) is 17.7. The number of hydrogen-bond acceptors (Lipinski definition) is 0. The molecule has 0 aliphatic rings. The van der Waals surface area contributed by atoms with Crippen LogP contribution in [0.4, 0.5) is 57.1 Å². The SMILES string of the molecule is C#CC(F)(F)C(F)(F)C(F)(F)C(F)(F)C(F)(F)C(F)(F)F. The summed E-state index contributed by atoms with van der Waals surface area (Å²) in [5.74, 6) is -37.6. The van der Waals surface area contributed by atoms with E-state index in [2.05, 4.69) is 6.42 Å². The Morgan fingerprint density at radius 2 is 0.762 bits per heavy atom. The third kappa shape index (κ3) is 2.38. The van der Waals surface area contributed by atoms with Gasteiger partial charge in [-0.25, -0.2) is 0 Å². The number of rotatable bonds is 4. The molecular formula is C8HF13. The molecule has 0 atom stereocenters. The monoisotopic (exact) mass is 344 g/mol. The molecule has 0 rings (SSSR count). The van der Waals surface area contributed by atoms with Gasteiger partial charge in [0.2, 0.25) is 0 Å². The molecule has 0 aromatic rings. The Kier molecular flexibility index (Phi) is 4.28. The summed E-state index contributed by atoms with van der Waals surface area (Å²) in [6, 6.07) is 0. The second-order valence-corrected chi connectivity index (χ2v) is 3.51. The molecule has 13 heteroatoms. The van der Waals surface area contributed by atoms with E-state index in [1.807, 2.05) is 0 Å². The molecule has 0 fully saturated rings. The molecule has 0 nitrogen and oxygen atoms in total. The highest BCUT2D eigenvalue weighted by atomic mass is 19.4. The highest BCUT2D eigenvalue weighted by molar-refractivity contribution is 5.18. The van der Waals surface area contributed by atoms with Crippen LogP contribution in [0.25, 0.3) is 0 Å². The van der Waals surface area contributed by atoms with Gasteiger partial charge in [-0.3, -0.25) is 0 Å². The van der Waals surface area contributed by atoms with Gasteiger partial charge in [-0.05, 0) is 5.92 Å². The van der Waals surface area contributed by atoms with Crippen molar-refractivity contribution in [3.8, 4) is 12.3 Å². The van der Waals surface area contributed by atoms with Gasteiger partial charge in [-0.15, -0.1) is 6.42 Å². The first-order chi connectivity index (χ1) is 8.81. The number of halogens is 13. The highest BCUT2D eigenvalue weighted by Crippen LogP contribution is 2.59. The summed E-state index contributed by atoms with van der Waals surface area (Å²) < 4.78 is 159. The van der Waals surface area contributed by atoms with Gasteiger partial charge in [0, 0.05) is 0 Å². The lowest BCUT2D eigenvalue weighted by Crippen LogP contribution is -2.69. The second kappa shape index (κ2) is 4.57. The van der Waals surface area contributed by atoms with E-state index in [1.54, 1.807) is 0 Å². The fourth-order valence-electron chi connectivity index (χ4n) is 0.860. The first kappa shape index (κ1) is 19.7. The Balaban J connectivity index is 6.22. The van der Waals surface area contributed by atoms with Crippen LogP contribution in [-0.4, -0.2) is 35.8 Å². The van der Waals surface area contributed by atoms with Gasteiger partial charge in [-0.1, -0.05) is 0 Å². The molecule has 0 saturated heterocycles. The molecule has 21 heavy (non-hydrogen) atoms. The molecule has 0 radical (unpaired) electrons. The molecule has 0 aromatic carbocycles. The van der Waals surface area contributed by atoms with Crippen molar-refractivity contribution in [2.24, 2.45) is 0 Å². The molecule has 0 aliphatic carbocycles. The Morgan fingerprint density at radius 1 is 0.476 bits per heavy atom. The number of hydrogen-bond donors (Lipinski definition) is 0. The minimum Gasteiger partial charge on any atom is -0.192 e. The Morgan fingerprint density at radius 3 is 1.00 bits per heavy atom. The van der Waals surface area contributed by atoms with Crippen LogP contribution in [0.1, 0.15) is 0 Å². The maximum absolute atomic E-state index is 12.6. The predicted molar refractivity (Wildman–Crippen MR) is 39.6 cm³/mol. The summed E-state index contributed by atoms with van der Waals surface area (Å²) in [6.07, 6.45) is -3.76. The van der Waals surface area contributed by atoms with E-state index < -0.39 is 35.8 Å². The molecule has 0 spiro atoms. The Labute approximate surface area is 106 Å². The number of terminal acetylenes is 1. The van der Waals surface area contributed by atoms with E-state index in [0.29, 0.717) is 0 Å². The van der Waals surface area contributed by atoms with Gasteiger partial charge < -0.3 is 0 Å². The van der Waals surface area contributed by atoms with Gasteiger partial charge in [0.1, 0.15) is 0 Å². The molecule has 0 heterocycles. The zero-order valence-electron chi connectivity index (χ0n) is 8.99. The standard InChI is InChI=1S/C8HF13/c1-2-3(9,10)4(11,12)5(13,14)6(15,16)7(17,18)8(19,20)21/h1H. The van der Waals surface area contributed by atoms with Gasteiger partial charge in [0.05, 0.1) is 0 Å². The number of alkyl halides is 13. The average Bonchev–Trinajstić information content (AvgIpc) is 2.26. The summed E-state index contributed by atoms with van der Waals surface area (Å²) in [5, 5.41) is 0. The topological polar surface area (TPSA) is 0 Å². The summed E-state index contributed by atoms with van der Waals surface area (Å²) in [6.45, 7) is 0. The maximum Gasteiger partial charge on any atom is 0.460 e. The van der Waals surface area contributed by atoms with Crippen molar-refractivity contribution in [3.05, 3.63) is 0 Å². The molecule has 0 unspecified atom stereocenters. The van der Waals surface area contributed by atoms with Crippen LogP contribution < -0.4 is 0 Å². The van der Waals surface area contributed by atoms with Gasteiger partial charge in [0.15, 0.2) is 0 Å². The lowest BCUT2D eigenvalue weighted by Gasteiger charge is -2.38.